The molecule has 5 heteroatoms. The average molecular weight is 397 g/mol. The fourth-order valence-electron chi connectivity index (χ4n) is 3.92. The number of methoxy groups -OCH3 is 1. The Bertz CT molecular complexity index is 783. The van der Waals surface area contributed by atoms with E-state index in [9.17, 15) is 0 Å². The molecule has 1 fully saturated rings. The fourth-order valence-corrected chi connectivity index (χ4v) is 3.92. The minimum Gasteiger partial charge on any atom is -0.383 e. The highest BCUT2D eigenvalue weighted by Gasteiger charge is 2.19. The fraction of sp³-hybridized carbons (Fsp3) is 0.542. The second-order valence-corrected chi connectivity index (χ2v) is 7.97. The average Bonchev–Trinajstić information content (AvgIpc) is 2.76. The minimum absolute atomic E-state index is 0.202. The number of rotatable bonds is 8. The van der Waals surface area contributed by atoms with Gasteiger partial charge in [-0.15, -0.1) is 0 Å². The van der Waals surface area contributed by atoms with Crippen molar-refractivity contribution in [2.24, 2.45) is 10.9 Å². The quantitative estimate of drug-likeness (QED) is 0.526. The van der Waals surface area contributed by atoms with Gasteiger partial charge in [-0.1, -0.05) is 36.4 Å². The minimum atomic E-state index is 0.202. The Morgan fingerprint density at radius 2 is 1.93 bits per heavy atom. The summed E-state index contributed by atoms with van der Waals surface area (Å²) in [4.78, 5) is 7.40. The number of nitrogens with zero attached hydrogens (tertiary/aromatic N) is 2. The summed E-state index contributed by atoms with van der Waals surface area (Å²) in [6.07, 6.45) is 2.43. The molecule has 0 radical (unpaired) electrons. The van der Waals surface area contributed by atoms with E-state index in [4.69, 9.17) is 9.73 Å². The van der Waals surface area contributed by atoms with E-state index in [2.05, 4.69) is 71.8 Å². The van der Waals surface area contributed by atoms with Crippen molar-refractivity contribution in [3.8, 4) is 0 Å². The summed E-state index contributed by atoms with van der Waals surface area (Å²) in [6, 6.07) is 15.4. The Morgan fingerprint density at radius 1 is 1.17 bits per heavy atom. The number of hydrogen-bond donors (Lipinski definition) is 2. The second-order valence-electron chi connectivity index (χ2n) is 7.97. The topological polar surface area (TPSA) is 48.9 Å². The van der Waals surface area contributed by atoms with E-state index >= 15 is 0 Å². The lowest BCUT2D eigenvalue weighted by molar-refractivity contribution is 0.121. The zero-order chi connectivity index (χ0) is 20.5. The molecule has 158 valence electrons. The van der Waals surface area contributed by atoms with E-state index in [1.165, 1.54) is 29.2 Å². The van der Waals surface area contributed by atoms with Crippen LogP contribution in [0.2, 0.25) is 0 Å². The van der Waals surface area contributed by atoms with Gasteiger partial charge in [0, 0.05) is 26.7 Å². The van der Waals surface area contributed by atoms with Crippen LogP contribution in [-0.2, 0) is 4.74 Å². The molecule has 0 aromatic heterocycles. The van der Waals surface area contributed by atoms with Crippen molar-refractivity contribution in [3.63, 3.8) is 0 Å². The van der Waals surface area contributed by atoms with Gasteiger partial charge in [-0.3, -0.25) is 4.99 Å². The summed E-state index contributed by atoms with van der Waals surface area (Å²) in [6.45, 7) is 10.2. The molecule has 5 nitrogen and oxygen atoms in total. The number of benzene rings is 2. The smallest absolute Gasteiger partial charge is 0.191 e. The summed E-state index contributed by atoms with van der Waals surface area (Å²) in [5.41, 5.74) is 1.28. The van der Waals surface area contributed by atoms with Crippen molar-refractivity contribution >= 4 is 16.7 Å². The van der Waals surface area contributed by atoms with Gasteiger partial charge in [0.2, 0.25) is 0 Å². The van der Waals surface area contributed by atoms with Crippen molar-refractivity contribution in [2.45, 2.75) is 32.7 Å². The first kappa shape index (κ1) is 21.6. The molecule has 0 amide bonds. The SMILES string of the molecule is CCNC(=NCC1CCN(CCOC)CC1)NC(C)c1ccc2ccccc2c1. The van der Waals surface area contributed by atoms with Gasteiger partial charge < -0.3 is 20.3 Å². The summed E-state index contributed by atoms with van der Waals surface area (Å²) < 4.78 is 5.19. The third-order valence-corrected chi connectivity index (χ3v) is 5.80. The Morgan fingerprint density at radius 3 is 2.66 bits per heavy atom. The third-order valence-electron chi connectivity index (χ3n) is 5.80. The molecular weight excluding hydrogens is 360 g/mol. The number of piperidine rings is 1. The number of aliphatic imine (C=N–C) groups is 1. The molecule has 3 rings (SSSR count). The van der Waals surface area contributed by atoms with E-state index in [-0.39, 0.29) is 6.04 Å². The summed E-state index contributed by atoms with van der Waals surface area (Å²) >= 11 is 0. The van der Waals surface area contributed by atoms with E-state index in [0.29, 0.717) is 5.92 Å². The number of ether oxygens (including phenoxy) is 1. The lowest BCUT2D eigenvalue weighted by Crippen LogP contribution is -2.40. The first-order chi connectivity index (χ1) is 14.2. The lowest BCUT2D eigenvalue weighted by Gasteiger charge is -2.31. The van der Waals surface area contributed by atoms with Gasteiger partial charge in [-0.05, 0) is 68.1 Å². The number of fused-ring (bicyclic) bond motifs is 1. The molecule has 2 aromatic rings. The van der Waals surface area contributed by atoms with Crippen LogP contribution < -0.4 is 10.6 Å². The van der Waals surface area contributed by atoms with Crippen LogP contribution in [0, 0.1) is 5.92 Å². The van der Waals surface area contributed by atoms with E-state index in [1.54, 1.807) is 7.11 Å². The van der Waals surface area contributed by atoms with Crippen LogP contribution in [0.4, 0.5) is 0 Å². The molecule has 2 N–H and O–H groups in total. The molecule has 1 unspecified atom stereocenters. The van der Waals surface area contributed by atoms with Gasteiger partial charge in [-0.25, -0.2) is 0 Å². The van der Waals surface area contributed by atoms with Crippen LogP contribution in [0.1, 0.15) is 38.3 Å². The van der Waals surface area contributed by atoms with Gasteiger partial charge in [0.25, 0.3) is 0 Å². The van der Waals surface area contributed by atoms with Gasteiger partial charge in [0.05, 0.1) is 12.6 Å². The molecular formula is C24H36N4O. The zero-order valence-corrected chi connectivity index (χ0v) is 18.2. The summed E-state index contributed by atoms with van der Waals surface area (Å²) in [5, 5.41) is 9.55. The Labute approximate surface area is 175 Å². The molecule has 2 aromatic carbocycles. The summed E-state index contributed by atoms with van der Waals surface area (Å²) in [7, 11) is 1.77. The highest BCUT2D eigenvalue weighted by Crippen LogP contribution is 2.20. The normalized spacial score (nSPS) is 17.4. The molecule has 0 bridgehead atoms. The maximum atomic E-state index is 5.19. The van der Waals surface area contributed by atoms with Crippen molar-refractivity contribution in [2.75, 3.05) is 46.4 Å². The second kappa shape index (κ2) is 11.2. The monoisotopic (exact) mass is 396 g/mol. The van der Waals surface area contributed by atoms with Crippen LogP contribution >= 0.6 is 0 Å². The molecule has 1 atom stereocenters. The third kappa shape index (κ3) is 6.44. The predicted octanol–water partition coefficient (Wildman–Crippen LogP) is 3.81. The Hall–Kier alpha value is -2.11. The van der Waals surface area contributed by atoms with E-state index in [1.807, 2.05) is 0 Å². The molecule has 29 heavy (non-hydrogen) atoms. The first-order valence-corrected chi connectivity index (χ1v) is 10.9. The van der Waals surface area contributed by atoms with Gasteiger partial charge in [0.1, 0.15) is 0 Å². The van der Waals surface area contributed by atoms with Crippen LogP contribution in [0.3, 0.4) is 0 Å². The lowest BCUT2D eigenvalue weighted by atomic mass is 9.97. The predicted molar refractivity (Wildman–Crippen MR) is 123 cm³/mol. The van der Waals surface area contributed by atoms with Crippen LogP contribution in [0.15, 0.2) is 47.5 Å². The van der Waals surface area contributed by atoms with Crippen molar-refractivity contribution < 1.29 is 4.74 Å². The molecule has 1 saturated heterocycles. The molecule has 0 spiro atoms. The molecule has 0 saturated carbocycles. The van der Waals surface area contributed by atoms with Crippen molar-refractivity contribution in [1.82, 2.24) is 15.5 Å². The molecule has 0 aliphatic carbocycles. The maximum Gasteiger partial charge on any atom is 0.191 e. The highest BCUT2D eigenvalue weighted by molar-refractivity contribution is 5.84. The largest absolute Gasteiger partial charge is 0.383 e. The van der Waals surface area contributed by atoms with Crippen LogP contribution in [-0.4, -0.2) is 57.3 Å². The first-order valence-electron chi connectivity index (χ1n) is 10.9. The van der Waals surface area contributed by atoms with E-state index < -0.39 is 0 Å². The zero-order valence-electron chi connectivity index (χ0n) is 18.2. The number of likely N-dealkylation sites (tertiary alicyclic amines) is 1. The van der Waals surface area contributed by atoms with E-state index in [0.717, 1.165) is 45.3 Å². The van der Waals surface area contributed by atoms with Gasteiger partial charge >= 0.3 is 0 Å². The maximum absolute atomic E-state index is 5.19. The standard InChI is InChI=1S/C24H36N4O/c1-4-25-24(26-18-20-11-13-28(14-12-20)15-16-29-3)27-19(2)22-10-9-21-7-5-6-8-23(21)17-22/h5-10,17,19-20H,4,11-16,18H2,1-3H3,(H2,25,26,27). The number of hydrogen-bond acceptors (Lipinski definition) is 3. The van der Waals surface area contributed by atoms with Gasteiger partial charge in [-0.2, -0.15) is 0 Å². The van der Waals surface area contributed by atoms with Gasteiger partial charge in [0.15, 0.2) is 5.96 Å². The summed E-state index contributed by atoms with van der Waals surface area (Å²) in [5.74, 6) is 1.58. The van der Waals surface area contributed by atoms with Crippen LogP contribution in [0.5, 0.6) is 0 Å². The van der Waals surface area contributed by atoms with Crippen molar-refractivity contribution in [1.29, 1.82) is 0 Å². The highest BCUT2D eigenvalue weighted by atomic mass is 16.5. The molecule has 1 heterocycles. The van der Waals surface area contributed by atoms with Crippen LogP contribution in [0.25, 0.3) is 10.8 Å². The molecule has 1 aliphatic heterocycles. The molecule has 1 aliphatic rings. The number of nitrogens with one attached hydrogen (secondary N) is 2. The Kier molecular flexibility index (Phi) is 8.32. The number of guanidine groups is 1. The Balaban J connectivity index is 1.56. The van der Waals surface area contributed by atoms with Crippen molar-refractivity contribution in [3.05, 3.63) is 48.0 Å².